The number of primary amides is 1. The standard InChI is InChI=1S/C13H17N3O2/c14-13(18)12-7-10(3-4-15-12)16-8-1-2-9(16)6-11(17)5-8/h3-4,7-9,11,17H,1-2,5-6H2,(H2,14,18). The van der Waals surface area contributed by atoms with Gasteiger partial charge in [-0.2, -0.15) is 0 Å². The zero-order chi connectivity index (χ0) is 12.7. The van der Waals surface area contributed by atoms with Crippen LogP contribution in [0.1, 0.15) is 36.2 Å². The minimum Gasteiger partial charge on any atom is -0.393 e. The first-order valence-corrected chi connectivity index (χ1v) is 6.37. The maximum absolute atomic E-state index is 11.2. The Kier molecular flexibility index (Phi) is 2.70. The lowest BCUT2D eigenvalue weighted by atomic mass is 9.99. The molecule has 2 saturated heterocycles. The maximum atomic E-state index is 11.2. The average molecular weight is 247 g/mol. The summed E-state index contributed by atoms with van der Waals surface area (Å²) in [5.74, 6) is -0.499. The van der Waals surface area contributed by atoms with Crippen molar-refractivity contribution in [3.63, 3.8) is 0 Å². The van der Waals surface area contributed by atoms with E-state index in [9.17, 15) is 9.90 Å². The number of aromatic nitrogens is 1. The lowest BCUT2D eigenvalue weighted by Gasteiger charge is -2.39. The first kappa shape index (κ1) is 11.5. The van der Waals surface area contributed by atoms with Crippen molar-refractivity contribution < 1.29 is 9.90 Å². The lowest BCUT2D eigenvalue weighted by molar-refractivity contribution is 0.0995. The third-order valence-corrected chi connectivity index (χ3v) is 4.00. The predicted octanol–water partition coefficient (Wildman–Crippen LogP) is 0.673. The van der Waals surface area contributed by atoms with Gasteiger partial charge in [0.05, 0.1) is 6.10 Å². The van der Waals surface area contributed by atoms with Gasteiger partial charge in [0.1, 0.15) is 5.69 Å². The molecule has 3 rings (SSSR count). The van der Waals surface area contributed by atoms with E-state index in [1.165, 1.54) is 0 Å². The summed E-state index contributed by atoms with van der Waals surface area (Å²) in [6.45, 7) is 0. The van der Waals surface area contributed by atoms with Crippen LogP contribution in [-0.2, 0) is 0 Å². The van der Waals surface area contributed by atoms with Gasteiger partial charge in [-0.25, -0.2) is 0 Å². The van der Waals surface area contributed by atoms with Gasteiger partial charge in [-0.15, -0.1) is 0 Å². The van der Waals surface area contributed by atoms with E-state index in [0.717, 1.165) is 31.4 Å². The average Bonchev–Trinajstić information content (AvgIpc) is 2.62. The van der Waals surface area contributed by atoms with Gasteiger partial charge < -0.3 is 15.7 Å². The quantitative estimate of drug-likeness (QED) is 0.805. The molecule has 3 heterocycles. The fourth-order valence-electron chi connectivity index (χ4n) is 3.28. The fraction of sp³-hybridized carbons (Fsp3) is 0.538. The molecule has 2 bridgehead atoms. The van der Waals surface area contributed by atoms with Crippen molar-refractivity contribution in [2.24, 2.45) is 5.73 Å². The van der Waals surface area contributed by atoms with E-state index in [2.05, 4.69) is 9.88 Å². The second-order valence-electron chi connectivity index (χ2n) is 5.18. The van der Waals surface area contributed by atoms with Gasteiger partial charge in [0.25, 0.3) is 5.91 Å². The van der Waals surface area contributed by atoms with E-state index in [-0.39, 0.29) is 6.10 Å². The molecule has 2 atom stereocenters. The first-order chi connectivity index (χ1) is 8.65. The highest BCUT2D eigenvalue weighted by Gasteiger charge is 2.40. The number of nitrogens with zero attached hydrogens (tertiary/aromatic N) is 2. The second-order valence-corrected chi connectivity index (χ2v) is 5.18. The maximum Gasteiger partial charge on any atom is 0.267 e. The van der Waals surface area contributed by atoms with E-state index >= 15 is 0 Å². The molecule has 5 nitrogen and oxygen atoms in total. The van der Waals surface area contributed by atoms with Crippen molar-refractivity contribution in [1.82, 2.24) is 4.98 Å². The number of aliphatic hydroxyl groups excluding tert-OH is 1. The predicted molar refractivity (Wildman–Crippen MR) is 67.3 cm³/mol. The van der Waals surface area contributed by atoms with Crippen molar-refractivity contribution >= 4 is 11.6 Å². The van der Waals surface area contributed by atoms with E-state index in [1.807, 2.05) is 6.07 Å². The molecular formula is C13H17N3O2. The molecule has 0 aliphatic carbocycles. The number of carbonyl (C=O) groups excluding carboxylic acids is 1. The van der Waals surface area contributed by atoms with Gasteiger partial charge in [0.15, 0.2) is 0 Å². The molecule has 0 radical (unpaired) electrons. The largest absolute Gasteiger partial charge is 0.393 e. The monoisotopic (exact) mass is 247 g/mol. The minimum atomic E-state index is -0.499. The number of amides is 1. The van der Waals surface area contributed by atoms with Crippen LogP contribution in [0.4, 0.5) is 5.69 Å². The number of rotatable bonds is 2. The van der Waals surface area contributed by atoms with Crippen LogP contribution in [0.15, 0.2) is 18.3 Å². The normalized spacial score (nSPS) is 30.5. The number of fused-ring (bicyclic) bond motifs is 2. The van der Waals surface area contributed by atoms with Gasteiger partial charge in [-0.1, -0.05) is 0 Å². The molecule has 2 aliphatic rings. The number of anilines is 1. The first-order valence-electron chi connectivity index (χ1n) is 6.37. The Balaban J connectivity index is 1.91. The topological polar surface area (TPSA) is 79.5 Å². The summed E-state index contributed by atoms with van der Waals surface area (Å²) < 4.78 is 0. The molecule has 2 fully saturated rings. The highest BCUT2D eigenvalue weighted by molar-refractivity contribution is 5.91. The van der Waals surface area contributed by atoms with Crippen LogP contribution in [0.3, 0.4) is 0 Å². The van der Waals surface area contributed by atoms with Crippen molar-refractivity contribution in [2.45, 2.75) is 43.9 Å². The molecule has 5 heteroatoms. The van der Waals surface area contributed by atoms with Gasteiger partial charge in [0, 0.05) is 24.0 Å². The minimum absolute atomic E-state index is 0.184. The van der Waals surface area contributed by atoms with Gasteiger partial charge in [0.2, 0.25) is 0 Å². The van der Waals surface area contributed by atoms with Crippen LogP contribution < -0.4 is 10.6 Å². The van der Waals surface area contributed by atoms with E-state index in [4.69, 9.17) is 5.73 Å². The molecule has 1 amide bonds. The highest BCUT2D eigenvalue weighted by atomic mass is 16.3. The molecule has 0 saturated carbocycles. The third kappa shape index (κ3) is 1.84. The third-order valence-electron chi connectivity index (χ3n) is 4.00. The summed E-state index contributed by atoms with van der Waals surface area (Å²) in [6, 6.07) is 4.42. The number of carbonyl (C=O) groups is 1. The second kappa shape index (κ2) is 4.24. The Morgan fingerprint density at radius 1 is 1.39 bits per heavy atom. The summed E-state index contributed by atoms with van der Waals surface area (Å²) in [5, 5.41) is 9.78. The molecule has 1 aromatic rings. The van der Waals surface area contributed by atoms with E-state index in [0.29, 0.717) is 17.8 Å². The highest BCUT2D eigenvalue weighted by Crippen LogP contribution is 2.39. The molecule has 2 aliphatic heterocycles. The summed E-state index contributed by atoms with van der Waals surface area (Å²) in [6.07, 6.45) is 5.28. The summed E-state index contributed by atoms with van der Waals surface area (Å²) >= 11 is 0. The Hall–Kier alpha value is -1.62. The van der Waals surface area contributed by atoms with Crippen molar-refractivity contribution in [2.75, 3.05) is 4.90 Å². The number of hydrogen-bond acceptors (Lipinski definition) is 4. The number of piperidine rings is 1. The molecule has 2 unspecified atom stereocenters. The molecule has 0 spiro atoms. The summed E-state index contributed by atoms with van der Waals surface area (Å²) in [4.78, 5) is 17.5. The molecular weight excluding hydrogens is 230 g/mol. The van der Waals surface area contributed by atoms with Crippen LogP contribution in [-0.4, -0.2) is 34.2 Å². The molecule has 1 aromatic heterocycles. The van der Waals surface area contributed by atoms with E-state index < -0.39 is 5.91 Å². The number of pyridine rings is 1. The van der Waals surface area contributed by atoms with Crippen LogP contribution in [0, 0.1) is 0 Å². The molecule has 18 heavy (non-hydrogen) atoms. The Bertz CT molecular complexity index is 463. The van der Waals surface area contributed by atoms with Crippen LogP contribution in [0.5, 0.6) is 0 Å². The van der Waals surface area contributed by atoms with Gasteiger partial charge >= 0.3 is 0 Å². The van der Waals surface area contributed by atoms with Crippen LogP contribution >= 0.6 is 0 Å². The SMILES string of the molecule is NC(=O)c1cc(N2C3CCC2CC(O)C3)ccn1. The zero-order valence-electron chi connectivity index (χ0n) is 10.1. The van der Waals surface area contributed by atoms with E-state index in [1.54, 1.807) is 12.3 Å². The Labute approximate surface area is 106 Å². The van der Waals surface area contributed by atoms with Crippen LogP contribution in [0.2, 0.25) is 0 Å². The van der Waals surface area contributed by atoms with Crippen LogP contribution in [0.25, 0.3) is 0 Å². The number of hydrogen-bond donors (Lipinski definition) is 2. The zero-order valence-corrected chi connectivity index (χ0v) is 10.1. The van der Waals surface area contributed by atoms with Crippen molar-refractivity contribution in [1.29, 1.82) is 0 Å². The number of aliphatic hydroxyl groups is 1. The van der Waals surface area contributed by atoms with Gasteiger partial charge in [-0.05, 0) is 37.8 Å². The van der Waals surface area contributed by atoms with Crippen molar-refractivity contribution in [3.05, 3.63) is 24.0 Å². The smallest absolute Gasteiger partial charge is 0.267 e. The fourth-order valence-corrected chi connectivity index (χ4v) is 3.28. The Morgan fingerprint density at radius 3 is 2.67 bits per heavy atom. The molecule has 0 aromatic carbocycles. The Morgan fingerprint density at radius 2 is 2.06 bits per heavy atom. The van der Waals surface area contributed by atoms with Crippen molar-refractivity contribution in [3.8, 4) is 0 Å². The lowest BCUT2D eigenvalue weighted by Crippen LogP contribution is -2.44. The molecule has 3 N–H and O–H groups in total. The van der Waals surface area contributed by atoms with Gasteiger partial charge in [-0.3, -0.25) is 9.78 Å². The number of nitrogens with two attached hydrogens (primary N) is 1. The summed E-state index contributed by atoms with van der Waals surface area (Å²) in [5.41, 5.74) is 6.56. The summed E-state index contributed by atoms with van der Waals surface area (Å²) in [7, 11) is 0. The molecule has 96 valence electrons.